The number of carbonyl (C=O) groups is 4. The fourth-order valence-corrected chi connectivity index (χ4v) is 5.80. The summed E-state index contributed by atoms with van der Waals surface area (Å²) in [6, 6.07) is 6.71. The Kier molecular flexibility index (Phi) is 10.6. The van der Waals surface area contributed by atoms with Gasteiger partial charge in [-0.2, -0.15) is 5.26 Å². The average Bonchev–Trinajstić information content (AvgIpc) is 3.33. The predicted molar refractivity (Wildman–Crippen MR) is 148 cm³/mol. The number of hydrogen-bond acceptors (Lipinski definition) is 6. The number of ether oxygens (including phenoxy) is 1. The molecule has 0 bridgehead atoms. The molecule has 8 nitrogen and oxygen atoms in total. The number of nitrogens with zero attached hydrogens (tertiary/aromatic N) is 2. The van der Waals surface area contributed by atoms with Crippen LogP contribution in [-0.2, 0) is 31.5 Å². The molecule has 1 aromatic rings. The van der Waals surface area contributed by atoms with Gasteiger partial charge in [0.05, 0.1) is 19.2 Å². The second kappa shape index (κ2) is 13.6. The normalized spacial score (nSPS) is 25.6. The van der Waals surface area contributed by atoms with Gasteiger partial charge in [0, 0.05) is 38.2 Å². The number of likely N-dealkylation sites (tertiary alicyclic amines) is 1. The summed E-state index contributed by atoms with van der Waals surface area (Å²) in [7, 11) is 0. The summed E-state index contributed by atoms with van der Waals surface area (Å²) in [6.45, 7) is 3.49. The van der Waals surface area contributed by atoms with E-state index in [1.165, 1.54) is 6.07 Å². The number of amides is 2. The molecule has 2 amide bonds. The minimum Gasteiger partial charge on any atom is -0.485 e. The van der Waals surface area contributed by atoms with E-state index in [-0.39, 0.29) is 19.0 Å². The molecule has 1 N–H and O–H groups in total. The first kappa shape index (κ1) is 33.5. The Morgan fingerprint density at radius 1 is 1.19 bits per heavy atom. The molecule has 43 heavy (non-hydrogen) atoms. The number of rotatable bonds is 9. The quantitative estimate of drug-likeness (QED) is 0.325. The molecule has 2 saturated carbocycles. The maximum Gasteiger partial charge on any atom is 0.282 e. The molecular weight excluding hydrogens is 570 g/mol. The van der Waals surface area contributed by atoms with Crippen molar-refractivity contribution in [2.45, 2.75) is 75.4 Å². The van der Waals surface area contributed by atoms with Gasteiger partial charge in [-0.3, -0.25) is 9.59 Å². The Morgan fingerprint density at radius 2 is 1.84 bits per heavy atom. The zero-order chi connectivity index (χ0) is 32.0. The van der Waals surface area contributed by atoms with E-state index in [0.29, 0.717) is 56.3 Å². The van der Waals surface area contributed by atoms with Gasteiger partial charge in [-0.1, -0.05) is 6.07 Å². The van der Waals surface area contributed by atoms with Gasteiger partial charge in [0.25, 0.3) is 11.8 Å². The monoisotopic (exact) mass is 606 g/mol. The van der Waals surface area contributed by atoms with Gasteiger partial charge in [0.15, 0.2) is 0 Å². The van der Waals surface area contributed by atoms with E-state index in [1.54, 1.807) is 18.2 Å². The van der Waals surface area contributed by atoms with Gasteiger partial charge in [-0.05, 0) is 68.2 Å². The lowest BCUT2D eigenvalue weighted by molar-refractivity contribution is -0.171. The van der Waals surface area contributed by atoms with E-state index in [2.05, 4.69) is 23.2 Å². The van der Waals surface area contributed by atoms with Gasteiger partial charge in [-0.15, -0.1) is 5.73 Å². The SMILES string of the molecule is C=O.C=O.CC(F)(F)c1cc(OC2C=C=[C]C2)ccc1CCC1CC(C(=O)NC2(C#N)CC2)C(C(=O)N2CC(F)(F)C2)C1.[HH]. The highest BCUT2D eigenvalue weighted by Crippen LogP contribution is 2.44. The molecule has 1 aliphatic heterocycles. The highest BCUT2D eigenvalue weighted by atomic mass is 19.3. The number of halogens is 4. The molecule has 4 aliphatic rings. The molecule has 1 heterocycles. The Morgan fingerprint density at radius 3 is 2.37 bits per heavy atom. The second-order valence-corrected chi connectivity index (χ2v) is 11.4. The molecule has 12 heteroatoms. The third kappa shape index (κ3) is 8.11. The molecule has 4 unspecified atom stereocenters. The van der Waals surface area contributed by atoms with E-state index >= 15 is 0 Å². The number of nitriles is 1. The number of aryl methyl sites for hydroxylation is 1. The van der Waals surface area contributed by atoms with Crippen molar-refractivity contribution < 1.29 is 42.9 Å². The van der Waals surface area contributed by atoms with Crippen LogP contribution in [0.5, 0.6) is 5.75 Å². The highest BCUT2D eigenvalue weighted by molar-refractivity contribution is 5.89. The molecule has 5 rings (SSSR count). The van der Waals surface area contributed by atoms with Crippen LogP contribution in [0.2, 0.25) is 0 Å². The van der Waals surface area contributed by atoms with Crippen molar-refractivity contribution in [1.29, 1.82) is 5.26 Å². The Labute approximate surface area is 249 Å². The molecule has 233 valence electrons. The van der Waals surface area contributed by atoms with Gasteiger partial charge in [0.1, 0.15) is 31.0 Å². The zero-order valence-corrected chi connectivity index (χ0v) is 23.8. The first-order valence-electron chi connectivity index (χ1n) is 13.9. The summed E-state index contributed by atoms with van der Waals surface area (Å²) < 4.78 is 61.8. The lowest BCUT2D eigenvalue weighted by Gasteiger charge is -2.40. The van der Waals surface area contributed by atoms with Crippen molar-refractivity contribution in [2.24, 2.45) is 17.8 Å². The molecule has 0 spiro atoms. The van der Waals surface area contributed by atoms with Gasteiger partial charge in [0.2, 0.25) is 11.8 Å². The Bertz CT molecular complexity index is 1290. The number of benzene rings is 1. The van der Waals surface area contributed by atoms with Crippen LogP contribution in [-0.4, -0.2) is 60.9 Å². The van der Waals surface area contributed by atoms with Crippen molar-refractivity contribution in [3.05, 3.63) is 47.2 Å². The fraction of sp³-hybridized carbons (Fsp3) is 0.548. The summed E-state index contributed by atoms with van der Waals surface area (Å²) in [6.07, 6.45) is 7.18. The molecule has 1 saturated heterocycles. The summed E-state index contributed by atoms with van der Waals surface area (Å²) in [5, 5.41) is 12.1. The first-order valence-corrected chi connectivity index (χ1v) is 13.9. The van der Waals surface area contributed by atoms with Crippen LogP contribution in [0.3, 0.4) is 0 Å². The number of nitrogens with one attached hydrogen (secondary N) is 1. The number of hydrogen-bond donors (Lipinski definition) is 1. The van der Waals surface area contributed by atoms with Crippen LogP contribution in [0.15, 0.2) is 30.0 Å². The van der Waals surface area contributed by atoms with Crippen molar-refractivity contribution in [3.8, 4) is 11.8 Å². The molecule has 1 aromatic carbocycles. The molecule has 1 radical (unpaired) electrons. The summed E-state index contributed by atoms with van der Waals surface area (Å²) in [4.78, 5) is 43.3. The zero-order valence-electron chi connectivity index (χ0n) is 23.8. The first-order chi connectivity index (χ1) is 20.4. The second-order valence-electron chi connectivity index (χ2n) is 11.4. The maximum atomic E-state index is 14.6. The maximum absolute atomic E-state index is 14.6. The van der Waals surface area contributed by atoms with Gasteiger partial charge < -0.3 is 24.5 Å². The summed E-state index contributed by atoms with van der Waals surface area (Å²) in [5.41, 5.74) is 2.19. The number of carbonyl (C=O) groups excluding carboxylic acids is 4. The smallest absolute Gasteiger partial charge is 0.282 e. The van der Waals surface area contributed by atoms with Crippen LogP contribution < -0.4 is 10.1 Å². The van der Waals surface area contributed by atoms with Crippen molar-refractivity contribution in [2.75, 3.05) is 13.1 Å². The molecule has 0 aromatic heterocycles. The molecule has 3 aliphatic carbocycles. The minimum atomic E-state index is -3.11. The van der Waals surface area contributed by atoms with Crippen LogP contribution >= 0.6 is 0 Å². The van der Waals surface area contributed by atoms with E-state index in [9.17, 15) is 32.4 Å². The fourth-order valence-electron chi connectivity index (χ4n) is 5.80. The minimum absolute atomic E-state index is 0. The van der Waals surface area contributed by atoms with E-state index in [0.717, 1.165) is 11.8 Å². The third-order valence-corrected chi connectivity index (χ3v) is 8.13. The van der Waals surface area contributed by atoms with Crippen molar-refractivity contribution >= 4 is 25.4 Å². The molecule has 3 fully saturated rings. The van der Waals surface area contributed by atoms with Crippen molar-refractivity contribution in [1.82, 2.24) is 10.2 Å². The summed E-state index contributed by atoms with van der Waals surface area (Å²) in [5.74, 6) is -8.30. The highest BCUT2D eigenvalue weighted by Gasteiger charge is 2.53. The lowest BCUT2D eigenvalue weighted by Crippen LogP contribution is -2.60. The van der Waals surface area contributed by atoms with Crippen LogP contribution in [0.4, 0.5) is 17.6 Å². The van der Waals surface area contributed by atoms with E-state index in [1.807, 2.05) is 13.6 Å². The Balaban J connectivity index is 0.00000130. The topological polar surface area (TPSA) is 117 Å². The van der Waals surface area contributed by atoms with Crippen LogP contribution in [0.1, 0.15) is 58.0 Å². The third-order valence-electron chi connectivity index (χ3n) is 8.13. The Hall–Kier alpha value is -3.97. The lowest BCUT2D eigenvalue weighted by atomic mass is 9.91. The average molecular weight is 607 g/mol. The molecule has 4 atom stereocenters. The standard InChI is InChI=1S/C29H30F4N3O3.2CH2O.H2/c1-27(30,31)24-14-21(39-20-4-2-3-5-20)9-8-19(24)7-6-18-12-22(25(37)35-28(15-34)10-11-28)23(13-18)26(38)36-16-29(32,33)17-36;2*1-2;/h4,8-9,14,18,20,22-23H,5-7,10-13,16-17H2,1H3,(H,35,37);2*1H2;1H. The largest absolute Gasteiger partial charge is 0.485 e. The number of alkyl halides is 4. The molecular formula is C31H36F4N3O5. The van der Waals surface area contributed by atoms with E-state index < -0.39 is 54.1 Å². The van der Waals surface area contributed by atoms with Gasteiger partial charge >= 0.3 is 0 Å². The van der Waals surface area contributed by atoms with Crippen molar-refractivity contribution in [3.63, 3.8) is 0 Å². The summed E-state index contributed by atoms with van der Waals surface area (Å²) >= 11 is 0. The predicted octanol–water partition coefficient (Wildman–Crippen LogP) is 4.56. The van der Waals surface area contributed by atoms with Gasteiger partial charge in [-0.25, -0.2) is 17.6 Å². The van der Waals surface area contributed by atoms with Crippen LogP contribution in [0.25, 0.3) is 0 Å². The van der Waals surface area contributed by atoms with E-state index in [4.69, 9.17) is 14.3 Å². The van der Waals surface area contributed by atoms with Crippen LogP contribution in [0, 0.1) is 35.2 Å².